The number of nitrogens with zero attached hydrogens (tertiary/aromatic N) is 4. The van der Waals surface area contributed by atoms with Crippen LogP contribution in [0.1, 0.15) is 34.6 Å². The minimum atomic E-state index is -0.710. The number of carbonyl (C=O) groups is 1. The highest BCUT2D eigenvalue weighted by molar-refractivity contribution is 9.10. The van der Waals surface area contributed by atoms with Crippen LogP contribution >= 0.6 is 15.9 Å². The van der Waals surface area contributed by atoms with E-state index in [9.17, 15) is 9.59 Å². The summed E-state index contributed by atoms with van der Waals surface area (Å²) in [5.74, 6) is -0.190. The van der Waals surface area contributed by atoms with Crippen LogP contribution in [0.5, 0.6) is 0 Å². The summed E-state index contributed by atoms with van der Waals surface area (Å²) >= 11 is 3.23. The summed E-state index contributed by atoms with van der Waals surface area (Å²) in [6.45, 7) is 4.10. The van der Waals surface area contributed by atoms with E-state index in [2.05, 4.69) is 26.1 Å². The van der Waals surface area contributed by atoms with Gasteiger partial charge in [-0.25, -0.2) is 4.68 Å². The van der Waals surface area contributed by atoms with E-state index in [1.165, 1.54) is 10.7 Å². The number of carbonyl (C=O) groups excluding carboxylic acids is 1. The highest BCUT2D eigenvalue weighted by Gasteiger charge is 2.23. The lowest BCUT2D eigenvalue weighted by Crippen LogP contribution is -2.30. The van der Waals surface area contributed by atoms with Gasteiger partial charge in [0.2, 0.25) is 0 Å². The summed E-state index contributed by atoms with van der Waals surface area (Å²) in [6.07, 6.45) is 1.56. The van der Waals surface area contributed by atoms with E-state index in [0.717, 1.165) is 11.3 Å². The van der Waals surface area contributed by atoms with E-state index in [4.69, 9.17) is 0 Å². The Balaban J connectivity index is 1.88. The van der Waals surface area contributed by atoms with E-state index in [1.54, 1.807) is 23.9 Å². The van der Waals surface area contributed by atoms with Gasteiger partial charge < -0.3 is 0 Å². The molecule has 0 fully saturated rings. The third-order valence-electron chi connectivity index (χ3n) is 4.08. The molecule has 0 aliphatic carbocycles. The van der Waals surface area contributed by atoms with Crippen LogP contribution in [0.15, 0.2) is 58.1 Å². The number of benzene rings is 1. The van der Waals surface area contributed by atoms with Gasteiger partial charge in [-0.05, 0) is 41.4 Å². The van der Waals surface area contributed by atoms with Crippen molar-refractivity contribution in [2.75, 3.05) is 0 Å². The molecule has 1 atom stereocenters. The van der Waals surface area contributed by atoms with Crippen LogP contribution in [0.2, 0.25) is 0 Å². The SMILES string of the molecule is Cc1c(C(=O)C(C)n2nc(Br)ccc2=O)cnn1Cc1ccccc1. The van der Waals surface area contributed by atoms with E-state index < -0.39 is 6.04 Å². The first-order chi connectivity index (χ1) is 12.0. The fourth-order valence-corrected chi connectivity index (χ4v) is 2.92. The third-order valence-corrected chi connectivity index (χ3v) is 4.51. The molecule has 0 saturated heterocycles. The zero-order valence-corrected chi connectivity index (χ0v) is 15.5. The number of rotatable bonds is 5. The molecule has 1 unspecified atom stereocenters. The topological polar surface area (TPSA) is 69.8 Å². The summed E-state index contributed by atoms with van der Waals surface area (Å²) in [4.78, 5) is 24.8. The van der Waals surface area contributed by atoms with E-state index in [-0.39, 0.29) is 11.3 Å². The lowest BCUT2D eigenvalue weighted by atomic mass is 10.1. The van der Waals surface area contributed by atoms with E-state index >= 15 is 0 Å². The zero-order valence-electron chi connectivity index (χ0n) is 13.9. The van der Waals surface area contributed by atoms with Crippen molar-refractivity contribution in [2.45, 2.75) is 26.4 Å². The van der Waals surface area contributed by atoms with E-state index in [1.807, 2.05) is 37.3 Å². The monoisotopic (exact) mass is 400 g/mol. The standard InChI is InChI=1S/C18H17BrN4O2/c1-12-15(10-20-22(12)11-14-6-4-3-5-7-14)18(25)13(2)23-17(24)9-8-16(19)21-23/h3-10,13H,11H2,1-2H3. The Morgan fingerprint density at radius 1 is 1.20 bits per heavy atom. The van der Waals surface area contributed by atoms with Crippen LogP contribution < -0.4 is 5.56 Å². The minimum absolute atomic E-state index is 0.190. The van der Waals surface area contributed by atoms with Crippen molar-refractivity contribution in [1.29, 1.82) is 0 Å². The van der Waals surface area contributed by atoms with Crippen molar-refractivity contribution in [1.82, 2.24) is 19.6 Å². The van der Waals surface area contributed by atoms with Crippen molar-refractivity contribution >= 4 is 21.7 Å². The second-order valence-corrected chi connectivity index (χ2v) is 6.58. The largest absolute Gasteiger partial charge is 0.292 e. The summed E-state index contributed by atoms with van der Waals surface area (Å²) in [6, 6.07) is 12.1. The first-order valence-corrected chi connectivity index (χ1v) is 8.62. The molecule has 7 heteroatoms. The second-order valence-electron chi connectivity index (χ2n) is 5.77. The van der Waals surface area contributed by atoms with Crippen LogP contribution in [0.3, 0.4) is 0 Å². The first kappa shape index (κ1) is 17.3. The first-order valence-electron chi connectivity index (χ1n) is 7.83. The Labute approximate surface area is 153 Å². The molecule has 0 bridgehead atoms. The van der Waals surface area contributed by atoms with Crippen LogP contribution in [0.25, 0.3) is 0 Å². The zero-order chi connectivity index (χ0) is 18.0. The van der Waals surface area contributed by atoms with Gasteiger partial charge in [-0.2, -0.15) is 10.2 Å². The number of hydrogen-bond acceptors (Lipinski definition) is 4. The molecular formula is C18H17BrN4O2. The maximum atomic E-state index is 12.8. The van der Waals surface area contributed by atoms with Gasteiger partial charge in [0.05, 0.1) is 18.3 Å². The number of hydrogen-bond donors (Lipinski definition) is 0. The summed E-state index contributed by atoms with van der Waals surface area (Å²) in [5.41, 5.74) is 2.05. The van der Waals surface area contributed by atoms with Crippen molar-refractivity contribution in [3.05, 3.63) is 80.4 Å². The third kappa shape index (κ3) is 3.61. The number of ketones is 1. The molecule has 6 nitrogen and oxygen atoms in total. The molecule has 0 aliphatic rings. The molecule has 25 heavy (non-hydrogen) atoms. The summed E-state index contributed by atoms with van der Waals surface area (Å²) < 4.78 is 3.47. The average molecular weight is 401 g/mol. The minimum Gasteiger partial charge on any atom is -0.292 e. The molecule has 0 amide bonds. The normalized spacial score (nSPS) is 12.1. The number of Topliss-reactive ketones (excluding diaryl/α,β-unsaturated/α-hetero) is 1. The molecular weight excluding hydrogens is 384 g/mol. The van der Waals surface area contributed by atoms with Gasteiger partial charge in [0.15, 0.2) is 5.78 Å². The Hall–Kier alpha value is -2.54. The molecule has 1 aromatic carbocycles. The van der Waals surface area contributed by atoms with Gasteiger partial charge in [0.25, 0.3) is 5.56 Å². The molecule has 0 aliphatic heterocycles. The van der Waals surface area contributed by atoms with Crippen LogP contribution in [-0.4, -0.2) is 25.3 Å². The van der Waals surface area contributed by atoms with Gasteiger partial charge in [0.1, 0.15) is 10.6 Å². The Kier molecular flexibility index (Phi) is 4.94. The second kappa shape index (κ2) is 7.14. The molecule has 2 aromatic heterocycles. The summed E-state index contributed by atoms with van der Waals surface area (Å²) in [7, 11) is 0. The average Bonchev–Trinajstić information content (AvgIpc) is 2.97. The fraction of sp³-hybridized carbons (Fsp3) is 0.222. The van der Waals surface area contributed by atoms with Crippen molar-refractivity contribution < 1.29 is 4.79 Å². The highest BCUT2D eigenvalue weighted by Crippen LogP contribution is 2.17. The van der Waals surface area contributed by atoms with Crippen LogP contribution in [0, 0.1) is 6.92 Å². The van der Waals surface area contributed by atoms with Gasteiger partial charge in [-0.3, -0.25) is 14.3 Å². The molecule has 0 N–H and O–H groups in total. The van der Waals surface area contributed by atoms with Crippen molar-refractivity contribution in [3.8, 4) is 0 Å². The van der Waals surface area contributed by atoms with Gasteiger partial charge in [-0.1, -0.05) is 30.3 Å². The number of halogens is 1. The van der Waals surface area contributed by atoms with Gasteiger partial charge in [0, 0.05) is 11.8 Å². The lowest BCUT2D eigenvalue weighted by molar-refractivity contribution is 0.0924. The number of aromatic nitrogens is 4. The molecule has 0 radical (unpaired) electrons. The maximum absolute atomic E-state index is 12.8. The highest BCUT2D eigenvalue weighted by atomic mass is 79.9. The predicted molar refractivity (Wildman–Crippen MR) is 97.7 cm³/mol. The van der Waals surface area contributed by atoms with Gasteiger partial charge in [-0.15, -0.1) is 0 Å². The molecule has 2 heterocycles. The molecule has 0 saturated carbocycles. The Morgan fingerprint density at radius 3 is 2.64 bits per heavy atom. The Morgan fingerprint density at radius 2 is 1.92 bits per heavy atom. The predicted octanol–water partition coefficient (Wildman–Crippen LogP) is 3.00. The molecule has 0 spiro atoms. The summed E-state index contributed by atoms with van der Waals surface area (Å²) in [5, 5.41) is 8.42. The van der Waals surface area contributed by atoms with Crippen molar-refractivity contribution in [2.24, 2.45) is 0 Å². The smallest absolute Gasteiger partial charge is 0.267 e. The molecule has 128 valence electrons. The van der Waals surface area contributed by atoms with Gasteiger partial charge >= 0.3 is 0 Å². The fourth-order valence-electron chi connectivity index (χ4n) is 2.62. The molecule has 3 rings (SSSR count). The molecule has 3 aromatic rings. The quantitative estimate of drug-likeness (QED) is 0.617. The lowest BCUT2D eigenvalue weighted by Gasteiger charge is -2.13. The van der Waals surface area contributed by atoms with Crippen LogP contribution in [-0.2, 0) is 6.54 Å². The maximum Gasteiger partial charge on any atom is 0.267 e. The van der Waals surface area contributed by atoms with Crippen molar-refractivity contribution in [3.63, 3.8) is 0 Å². The van der Waals surface area contributed by atoms with Crippen LogP contribution in [0.4, 0.5) is 0 Å². The van der Waals surface area contributed by atoms with E-state index in [0.29, 0.717) is 16.7 Å². The Bertz CT molecular complexity index is 963.